The number of anilines is 2. The number of rotatable bonds is 4. The Bertz CT molecular complexity index is 2290. The summed E-state index contributed by atoms with van der Waals surface area (Å²) in [5.41, 5.74) is 11.6. The summed E-state index contributed by atoms with van der Waals surface area (Å²) < 4.78 is 0. The van der Waals surface area contributed by atoms with E-state index in [-0.39, 0.29) is 33.3 Å². The maximum absolute atomic E-state index is 14.4. The number of benzene rings is 7. The number of hydrogen-bond donors (Lipinski definition) is 2. The molecule has 0 aliphatic rings. The van der Waals surface area contributed by atoms with Crippen molar-refractivity contribution in [2.24, 2.45) is 0 Å². The van der Waals surface area contributed by atoms with E-state index < -0.39 is 22.4 Å². The van der Waals surface area contributed by atoms with E-state index in [9.17, 15) is 19.2 Å². The maximum Gasteiger partial charge on any atom is 0.249 e. The molecule has 0 amide bonds. The molecule has 0 spiro atoms. The lowest BCUT2D eigenvalue weighted by atomic mass is 9.80. The van der Waals surface area contributed by atoms with Crippen molar-refractivity contribution >= 4 is 66.0 Å². The first-order valence-electron chi connectivity index (χ1n) is 12.7. The van der Waals surface area contributed by atoms with Gasteiger partial charge in [0, 0.05) is 38.2 Å². The van der Waals surface area contributed by atoms with Gasteiger partial charge in [-0.2, -0.15) is 0 Å². The van der Waals surface area contributed by atoms with Crippen molar-refractivity contribution in [3.05, 3.63) is 140 Å². The van der Waals surface area contributed by atoms with Crippen LogP contribution in [0, 0.1) is 0 Å². The zero-order valence-electron chi connectivity index (χ0n) is 21.0. The molecular weight excluding hydrogens is 500 g/mol. The number of hydrogen-bond acceptors (Lipinski definition) is 6. The summed E-state index contributed by atoms with van der Waals surface area (Å²) in [7, 11) is 0. The highest BCUT2D eigenvalue weighted by molar-refractivity contribution is 6.42. The third kappa shape index (κ3) is 3.04. The largest absolute Gasteiger partial charge is 0.398 e. The van der Waals surface area contributed by atoms with Gasteiger partial charge < -0.3 is 11.5 Å². The standard InChI is InChI=1S/C34H20N2O4/c35-29-27-25-23(20-15-7-13-17-14-8-16-21(22(17)20)24(25)33(39)34(40)30(27)36)26(31(37)18-9-3-1-4-10-18)28(29)32(38)19-11-5-2-6-12-19/h1-16H,35-36H2. The van der Waals surface area contributed by atoms with Gasteiger partial charge >= 0.3 is 0 Å². The first-order chi connectivity index (χ1) is 19.4. The van der Waals surface area contributed by atoms with Gasteiger partial charge in [-0.15, -0.1) is 0 Å². The van der Waals surface area contributed by atoms with E-state index in [0.717, 1.165) is 5.39 Å². The highest BCUT2D eigenvalue weighted by Crippen LogP contribution is 2.46. The highest BCUT2D eigenvalue weighted by Gasteiger charge is 2.32. The molecule has 4 N–H and O–H groups in total. The Morgan fingerprint density at radius 2 is 0.975 bits per heavy atom. The second-order valence-electron chi connectivity index (χ2n) is 9.84. The van der Waals surface area contributed by atoms with Crippen molar-refractivity contribution in [3.8, 4) is 0 Å². The van der Waals surface area contributed by atoms with E-state index in [1.165, 1.54) is 0 Å². The van der Waals surface area contributed by atoms with Crippen LogP contribution < -0.4 is 22.3 Å². The summed E-state index contributed by atoms with van der Waals surface area (Å²) in [6, 6.07) is 28.2. The molecule has 0 bridgehead atoms. The number of ketones is 2. The molecule has 7 rings (SSSR count). The van der Waals surface area contributed by atoms with Gasteiger partial charge in [-0.25, -0.2) is 0 Å². The van der Waals surface area contributed by atoms with Crippen molar-refractivity contribution in [1.29, 1.82) is 0 Å². The topological polar surface area (TPSA) is 120 Å². The molecule has 0 aromatic heterocycles. The van der Waals surface area contributed by atoms with E-state index >= 15 is 0 Å². The maximum atomic E-state index is 14.4. The molecular formula is C34H20N2O4. The molecule has 190 valence electrons. The highest BCUT2D eigenvalue weighted by atomic mass is 16.2. The van der Waals surface area contributed by atoms with Crippen LogP contribution in [0.15, 0.2) is 107 Å². The molecule has 0 heterocycles. The molecule has 0 radical (unpaired) electrons. The lowest BCUT2D eigenvalue weighted by Gasteiger charge is -2.21. The Morgan fingerprint density at radius 1 is 0.450 bits per heavy atom. The van der Waals surface area contributed by atoms with Gasteiger partial charge in [-0.05, 0) is 21.5 Å². The molecule has 0 fully saturated rings. The van der Waals surface area contributed by atoms with Crippen LogP contribution in [0.2, 0.25) is 0 Å². The van der Waals surface area contributed by atoms with Gasteiger partial charge in [0.1, 0.15) is 0 Å². The van der Waals surface area contributed by atoms with Crippen molar-refractivity contribution in [1.82, 2.24) is 0 Å². The van der Waals surface area contributed by atoms with Gasteiger partial charge in [0.05, 0.1) is 16.9 Å². The predicted octanol–water partition coefficient (Wildman–Crippen LogP) is 5.52. The van der Waals surface area contributed by atoms with Crippen molar-refractivity contribution in [3.63, 3.8) is 0 Å². The Labute approximate surface area is 226 Å². The molecule has 0 aliphatic heterocycles. The zero-order chi connectivity index (χ0) is 27.7. The van der Waals surface area contributed by atoms with Crippen LogP contribution in [0.1, 0.15) is 31.8 Å². The number of carbonyl (C=O) groups excluding carboxylic acids is 2. The van der Waals surface area contributed by atoms with Gasteiger partial charge in [0.25, 0.3) is 0 Å². The second kappa shape index (κ2) is 8.44. The fourth-order valence-electron chi connectivity index (χ4n) is 5.98. The third-order valence-electron chi connectivity index (χ3n) is 7.71. The van der Waals surface area contributed by atoms with Crippen LogP contribution in [0.5, 0.6) is 0 Å². The summed E-state index contributed by atoms with van der Waals surface area (Å²) in [4.78, 5) is 55.4. The first-order valence-corrected chi connectivity index (χ1v) is 12.7. The molecule has 7 aromatic carbocycles. The minimum atomic E-state index is -0.892. The molecule has 6 nitrogen and oxygen atoms in total. The SMILES string of the molecule is Nc1c(C(=O)c2ccccc2)c(C(=O)c2ccccc2)c2c3cccc4cccc(c5c(=O)c(=O)c(N)c1c25)c43. The molecule has 0 saturated heterocycles. The smallest absolute Gasteiger partial charge is 0.249 e. The monoisotopic (exact) mass is 520 g/mol. The molecule has 6 heteroatoms. The van der Waals surface area contributed by atoms with Crippen molar-refractivity contribution in [2.75, 3.05) is 11.5 Å². The van der Waals surface area contributed by atoms with E-state index in [2.05, 4.69) is 0 Å². The van der Waals surface area contributed by atoms with Crippen LogP contribution >= 0.6 is 0 Å². The predicted molar refractivity (Wildman–Crippen MR) is 160 cm³/mol. The molecule has 7 aromatic rings. The zero-order valence-corrected chi connectivity index (χ0v) is 21.0. The summed E-state index contributed by atoms with van der Waals surface area (Å²) >= 11 is 0. The Hall–Kier alpha value is -5.62. The molecule has 0 unspecified atom stereocenters. The number of fused-ring (bicyclic) bond motifs is 2. The molecule has 0 aliphatic carbocycles. The van der Waals surface area contributed by atoms with Gasteiger partial charge in [0.2, 0.25) is 10.9 Å². The molecule has 40 heavy (non-hydrogen) atoms. The van der Waals surface area contributed by atoms with Crippen LogP contribution in [0.3, 0.4) is 0 Å². The Morgan fingerprint density at radius 3 is 1.55 bits per heavy atom. The number of carbonyl (C=O) groups is 2. The van der Waals surface area contributed by atoms with Crippen LogP contribution in [-0.4, -0.2) is 11.6 Å². The van der Waals surface area contributed by atoms with Crippen LogP contribution in [0.4, 0.5) is 11.4 Å². The van der Waals surface area contributed by atoms with Gasteiger partial charge in [-0.3, -0.25) is 19.2 Å². The van der Waals surface area contributed by atoms with Gasteiger partial charge in [-0.1, -0.05) is 97.1 Å². The summed E-state index contributed by atoms with van der Waals surface area (Å²) in [6.45, 7) is 0. The first kappa shape index (κ1) is 23.5. The number of nitrogen functional groups attached to an aromatic ring is 2. The van der Waals surface area contributed by atoms with Crippen molar-refractivity contribution < 1.29 is 9.59 Å². The fourth-order valence-corrected chi connectivity index (χ4v) is 5.98. The third-order valence-corrected chi connectivity index (χ3v) is 7.71. The fraction of sp³-hybridized carbons (Fsp3) is 0. The Balaban J connectivity index is 1.84. The lowest BCUT2D eigenvalue weighted by molar-refractivity contribution is 0.100. The Kier molecular flexibility index (Phi) is 4.96. The molecule has 0 atom stereocenters. The summed E-state index contributed by atoms with van der Waals surface area (Å²) in [5, 5.41) is 3.70. The average Bonchev–Trinajstić information content (AvgIpc) is 2.99. The number of nitrogens with two attached hydrogens (primary N) is 2. The van der Waals surface area contributed by atoms with Crippen LogP contribution in [-0.2, 0) is 0 Å². The van der Waals surface area contributed by atoms with Crippen molar-refractivity contribution in [2.45, 2.75) is 0 Å². The minimum absolute atomic E-state index is 0.0466. The van der Waals surface area contributed by atoms with Gasteiger partial charge in [0.15, 0.2) is 11.6 Å². The summed E-state index contributed by atoms with van der Waals surface area (Å²) in [5.74, 6) is -0.913. The second-order valence-corrected chi connectivity index (χ2v) is 9.84. The lowest BCUT2D eigenvalue weighted by Crippen LogP contribution is -2.28. The van der Waals surface area contributed by atoms with E-state index in [0.29, 0.717) is 38.1 Å². The van der Waals surface area contributed by atoms with E-state index in [1.54, 1.807) is 66.7 Å². The van der Waals surface area contributed by atoms with Crippen LogP contribution in [0.25, 0.3) is 43.1 Å². The molecule has 0 saturated carbocycles. The van der Waals surface area contributed by atoms with E-state index in [4.69, 9.17) is 11.5 Å². The van der Waals surface area contributed by atoms with E-state index in [1.807, 2.05) is 30.3 Å². The quantitative estimate of drug-likeness (QED) is 0.104. The normalized spacial score (nSPS) is 11.6. The average molecular weight is 521 g/mol. The summed E-state index contributed by atoms with van der Waals surface area (Å²) in [6.07, 6.45) is 0. The minimum Gasteiger partial charge on any atom is -0.398 e.